The summed E-state index contributed by atoms with van der Waals surface area (Å²) in [6, 6.07) is 0. The lowest BCUT2D eigenvalue weighted by Crippen LogP contribution is -2.42. The summed E-state index contributed by atoms with van der Waals surface area (Å²) >= 11 is 0. The number of carbonyl (C=O) groups excluding carboxylic acids is 2. The average Bonchev–Trinajstić information content (AvgIpc) is 2.55. The average molecular weight is 308 g/mol. The molecular weight excluding hydrogens is 276 g/mol. The van der Waals surface area contributed by atoms with Gasteiger partial charge in [0.1, 0.15) is 0 Å². The van der Waals surface area contributed by atoms with Crippen molar-refractivity contribution in [3.8, 4) is 0 Å². The Morgan fingerprint density at radius 3 is 2.23 bits per heavy atom. The third-order valence-corrected chi connectivity index (χ3v) is 5.37. The zero-order valence-corrected chi connectivity index (χ0v) is 14.4. The van der Waals surface area contributed by atoms with Crippen LogP contribution in [0, 0.1) is 11.8 Å². The van der Waals surface area contributed by atoms with E-state index in [1.165, 1.54) is 38.5 Å². The van der Waals surface area contributed by atoms with Gasteiger partial charge < -0.3 is 9.80 Å². The van der Waals surface area contributed by atoms with Crippen LogP contribution in [-0.4, -0.2) is 48.8 Å². The van der Waals surface area contributed by atoms with Crippen LogP contribution in [0.4, 0.5) is 0 Å². The fourth-order valence-corrected chi connectivity index (χ4v) is 3.92. The molecule has 0 radical (unpaired) electrons. The molecule has 0 aromatic heterocycles. The van der Waals surface area contributed by atoms with Crippen LogP contribution in [0.15, 0.2) is 0 Å². The van der Waals surface area contributed by atoms with Crippen LogP contribution in [0.1, 0.15) is 64.2 Å². The first-order valence-electron chi connectivity index (χ1n) is 9.07. The van der Waals surface area contributed by atoms with E-state index in [4.69, 9.17) is 0 Å². The number of piperidine rings is 1. The molecule has 4 heteroatoms. The maximum atomic E-state index is 12.3. The minimum Gasteiger partial charge on any atom is -0.349 e. The molecule has 0 N–H and O–H groups in total. The lowest BCUT2D eigenvalue weighted by molar-refractivity contribution is -0.139. The Kier molecular flexibility index (Phi) is 6.71. The van der Waals surface area contributed by atoms with Gasteiger partial charge in [0.2, 0.25) is 11.8 Å². The van der Waals surface area contributed by atoms with Crippen LogP contribution in [0.5, 0.6) is 0 Å². The summed E-state index contributed by atoms with van der Waals surface area (Å²) < 4.78 is 0. The van der Waals surface area contributed by atoms with Crippen molar-refractivity contribution in [2.45, 2.75) is 64.2 Å². The smallest absolute Gasteiger partial charge is 0.225 e. The van der Waals surface area contributed by atoms with Gasteiger partial charge in [-0.2, -0.15) is 0 Å². The van der Waals surface area contributed by atoms with Gasteiger partial charge in [-0.1, -0.05) is 32.1 Å². The van der Waals surface area contributed by atoms with Gasteiger partial charge in [-0.25, -0.2) is 0 Å². The van der Waals surface area contributed by atoms with Crippen molar-refractivity contribution in [3.05, 3.63) is 0 Å². The van der Waals surface area contributed by atoms with Gasteiger partial charge in [-0.05, 0) is 31.6 Å². The summed E-state index contributed by atoms with van der Waals surface area (Å²) in [6.45, 7) is 1.51. The van der Waals surface area contributed by atoms with Gasteiger partial charge in [0.15, 0.2) is 0 Å². The molecule has 0 aromatic rings. The normalized spacial score (nSPS) is 20.9. The maximum Gasteiger partial charge on any atom is 0.225 e. The van der Waals surface area contributed by atoms with Gasteiger partial charge in [-0.15, -0.1) is 0 Å². The van der Waals surface area contributed by atoms with E-state index in [1.807, 2.05) is 19.0 Å². The molecule has 2 amide bonds. The van der Waals surface area contributed by atoms with Crippen molar-refractivity contribution in [2.75, 3.05) is 27.2 Å². The molecule has 1 saturated carbocycles. The van der Waals surface area contributed by atoms with Crippen molar-refractivity contribution < 1.29 is 9.59 Å². The van der Waals surface area contributed by atoms with Crippen LogP contribution >= 0.6 is 0 Å². The minimum atomic E-state index is 0.112. The lowest BCUT2D eigenvalue weighted by atomic mass is 9.86. The van der Waals surface area contributed by atoms with E-state index >= 15 is 0 Å². The first-order valence-corrected chi connectivity index (χ1v) is 9.07. The number of likely N-dealkylation sites (tertiary alicyclic amines) is 1. The molecular formula is C18H32N2O2. The summed E-state index contributed by atoms with van der Waals surface area (Å²) in [7, 11) is 3.62. The van der Waals surface area contributed by atoms with Crippen molar-refractivity contribution in [1.29, 1.82) is 0 Å². The topological polar surface area (TPSA) is 40.6 Å². The summed E-state index contributed by atoms with van der Waals surface area (Å²) in [5, 5.41) is 0. The second-order valence-corrected chi connectivity index (χ2v) is 7.28. The quantitative estimate of drug-likeness (QED) is 0.783. The Bertz CT molecular complexity index is 367. The Hall–Kier alpha value is -1.06. The zero-order chi connectivity index (χ0) is 15.9. The number of rotatable bonds is 5. The fraction of sp³-hybridized carbons (Fsp3) is 0.889. The number of carbonyl (C=O) groups is 2. The molecule has 1 heterocycles. The minimum absolute atomic E-state index is 0.112. The largest absolute Gasteiger partial charge is 0.349 e. The van der Waals surface area contributed by atoms with Crippen LogP contribution in [-0.2, 0) is 9.59 Å². The fourth-order valence-electron chi connectivity index (χ4n) is 3.92. The van der Waals surface area contributed by atoms with Crippen molar-refractivity contribution >= 4 is 11.8 Å². The van der Waals surface area contributed by atoms with Crippen LogP contribution in [0.2, 0.25) is 0 Å². The van der Waals surface area contributed by atoms with E-state index in [2.05, 4.69) is 0 Å². The van der Waals surface area contributed by atoms with E-state index in [-0.39, 0.29) is 11.8 Å². The van der Waals surface area contributed by atoms with Gasteiger partial charge in [0.25, 0.3) is 0 Å². The highest BCUT2D eigenvalue weighted by Gasteiger charge is 2.28. The van der Waals surface area contributed by atoms with E-state index in [1.54, 1.807) is 4.90 Å². The molecule has 0 atom stereocenters. The molecule has 1 aliphatic heterocycles. The first kappa shape index (κ1) is 17.3. The van der Waals surface area contributed by atoms with E-state index in [0.29, 0.717) is 12.3 Å². The second kappa shape index (κ2) is 8.54. The lowest BCUT2D eigenvalue weighted by Gasteiger charge is -2.32. The van der Waals surface area contributed by atoms with Gasteiger partial charge in [0, 0.05) is 39.5 Å². The molecule has 0 aromatic carbocycles. The third-order valence-electron chi connectivity index (χ3n) is 5.37. The molecule has 2 rings (SSSR count). The number of hydrogen-bond donors (Lipinski definition) is 0. The van der Waals surface area contributed by atoms with Crippen molar-refractivity contribution in [1.82, 2.24) is 9.80 Å². The molecule has 4 nitrogen and oxygen atoms in total. The Morgan fingerprint density at radius 1 is 1.00 bits per heavy atom. The maximum absolute atomic E-state index is 12.3. The molecule has 2 fully saturated rings. The highest BCUT2D eigenvalue weighted by atomic mass is 16.2. The summed E-state index contributed by atoms with van der Waals surface area (Å²) in [4.78, 5) is 27.9. The Morgan fingerprint density at radius 2 is 1.64 bits per heavy atom. The predicted octanol–water partition coefficient (Wildman–Crippen LogP) is 3.06. The highest BCUT2D eigenvalue weighted by Crippen LogP contribution is 2.28. The molecule has 0 bridgehead atoms. The SMILES string of the molecule is CN(C)C(=O)C1CCN(C(=O)CCCC2CCCCC2)CC1. The summed E-state index contributed by atoms with van der Waals surface area (Å²) in [5.74, 6) is 1.49. The molecule has 0 spiro atoms. The van der Waals surface area contributed by atoms with Gasteiger partial charge >= 0.3 is 0 Å². The van der Waals surface area contributed by atoms with Gasteiger partial charge in [-0.3, -0.25) is 9.59 Å². The van der Waals surface area contributed by atoms with E-state index in [0.717, 1.165) is 38.3 Å². The molecule has 22 heavy (non-hydrogen) atoms. The van der Waals surface area contributed by atoms with Crippen LogP contribution in [0.3, 0.4) is 0 Å². The first-order chi connectivity index (χ1) is 10.6. The van der Waals surface area contributed by atoms with E-state index in [9.17, 15) is 9.59 Å². The molecule has 0 unspecified atom stereocenters. The highest BCUT2D eigenvalue weighted by molar-refractivity contribution is 5.79. The number of nitrogens with zero attached hydrogens (tertiary/aromatic N) is 2. The number of hydrogen-bond acceptors (Lipinski definition) is 2. The molecule has 1 aliphatic carbocycles. The van der Waals surface area contributed by atoms with Crippen molar-refractivity contribution in [3.63, 3.8) is 0 Å². The molecule has 2 aliphatic rings. The Labute approximate surface area is 135 Å². The standard InChI is InChI=1S/C18H32N2O2/c1-19(2)18(22)16-11-13-20(14-12-16)17(21)10-6-9-15-7-4-3-5-8-15/h15-16H,3-14H2,1-2H3. The van der Waals surface area contributed by atoms with Gasteiger partial charge in [0.05, 0.1) is 0 Å². The summed E-state index contributed by atoms with van der Waals surface area (Å²) in [5.41, 5.74) is 0. The van der Waals surface area contributed by atoms with Crippen LogP contribution < -0.4 is 0 Å². The number of amides is 2. The van der Waals surface area contributed by atoms with Crippen molar-refractivity contribution in [2.24, 2.45) is 11.8 Å². The summed E-state index contributed by atoms with van der Waals surface area (Å²) in [6.07, 6.45) is 11.5. The zero-order valence-electron chi connectivity index (χ0n) is 14.4. The Balaban J connectivity index is 1.63. The molecule has 126 valence electrons. The third kappa shape index (κ3) is 4.99. The predicted molar refractivity (Wildman–Crippen MR) is 88.4 cm³/mol. The second-order valence-electron chi connectivity index (χ2n) is 7.28. The molecule has 1 saturated heterocycles. The monoisotopic (exact) mass is 308 g/mol. The van der Waals surface area contributed by atoms with Crippen LogP contribution in [0.25, 0.3) is 0 Å². The van der Waals surface area contributed by atoms with E-state index < -0.39 is 0 Å².